The van der Waals surface area contributed by atoms with Gasteiger partial charge in [0.1, 0.15) is 5.69 Å². The average molecular weight is 488 g/mol. The van der Waals surface area contributed by atoms with Crippen molar-refractivity contribution in [3.05, 3.63) is 79.7 Å². The second-order valence-corrected chi connectivity index (χ2v) is 8.84. The first-order valence-corrected chi connectivity index (χ1v) is 12.2. The summed E-state index contributed by atoms with van der Waals surface area (Å²) in [6.07, 6.45) is 12.0. The molecule has 0 amide bonds. The van der Waals surface area contributed by atoms with E-state index in [0.717, 1.165) is 69.6 Å². The van der Waals surface area contributed by atoms with E-state index in [-0.39, 0.29) is 0 Å². The molecule has 37 heavy (non-hydrogen) atoms. The third-order valence-electron chi connectivity index (χ3n) is 6.19. The maximum absolute atomic E-state index is 4.74. The van der Waals surface area contributed by atoms with Crippen LogP contribution in [0.15, 0.2) is 79.7 Å². The summed E-state index contributed by atoms with van der Waals surface area (Å²) >= 11 is 0. The number of fused-ring (bicyclic) bond motifs is 2. The molecule has 182 valence electrons. The first kappa shape index (κ1) is 22.5. The topological polar surface area (TPSA) is 121 Å². The van der Waals surface area contributed by atoms with Gasteiger partial charge in [0, 0.05) is 40.8 Å². The highest BCUT2D eigenvalue weighted by atomic mass is 15.1. The van der Waals surface area contributed by atoms with Crippen molar-refractivity contribution < 1.29 is 0 Å². The van der Waals surface area contributed by atoms with Crippen LogP contribution >= 0.6 is 0 Å². The van der Waals surface area contributed by atoms with E-state index in [1.165, 1.54) is 0 Å². The highest BCUT2D eigenvalue weighted by Gasteiger charge is 2.17. The van der Waals surface area contributed by atoms with Crippen LogP contribution in [-0.4, -0.2) is 40.1 Å². The van der Waals surface area contributed by atoms with Crippen molar-refractivity contribution in [3.63, 3.8) is 0 Å². The molecule has 3 N–H and O–H groups in total. The average Bonchev–Trinajstić information content (AvgIpc) is 3.56. The molecular formula is C28H25N9. The fraction of sp³-hybridized carbons (Fsp3) is 0.143. The molecule has 0 aliphatic carbocycles. The van der Waals surface area contributed by atoms with Crippen molar-refractivity contribution in [2.75, 3.05) is 5.32 Å². The van der Waals surface area contributed by atoms with Gasteiger partial charge in [0.2, 0.25) is 0 Å². The number of aromatic nitrogens is 8. The Morgan fingerprint density at radius 2 is 1.95 bits per heavy atom. The molecule has 0 aromatic carbocycles. The fourth-order valence-corrected chi connectivity index (χ4v) is 4.32. The molecule has 0 spiro atoms. The summed E-state index contributed by atoms with van der Waals surface area (Å²) in [4.78, 5) is 26.1. The van der Waals surface area contributed by atoms with Crippen molar-refractivity contribution in [3.8, 4) is 34.0 Å². The summed E-state index contributed by atoms with van der Waals surface area (Å²) in [5, 5.41) is 11.9. The van der Waals surface area contributed by atoms with Gasteiger partial charge in [-0.2, -0.15) is 5.10 Å². The lowest BCUT2D eigenvalue weighted by molar-refractivity contribution is 0.791. The van der Waals surface area contributed by atoms with Gasteiger partial charge in [-0.15, -0.1) is 0 Å². The molecule has 0 aliphatic heterocycles. The highest BCUT2D eigenvalue weighted by molar-refractivity contribution is 5.96. The minimum atomic E-state index is 0.606. The predicted molar refractivity (Wildman–Crippen MR) is 146 cm³/mol. The Morgan fingerprint density at radius 3 is 2.81 bits per heavy atom. The van der Waals surface area contributed by atoms with Gasteiger partial charge >= 0.3 is 0 Å². The van der Waals surface area contributed by atoms with Crippen LogP contribution in [0.3, 0.4) is 0 Å². The van der Waals surface area contributed by atoms with E-state index < -0.39 is 0 Å². The van der Waals surface area contributed by atoms with Crippen molar-refractivity contribution in [1.29, 1.82) is 0 Å². The van der Waals surface area contributed by atoms with Gasteiger partial charge in [-0.25, -0.2) is 9.97 Å². The number of nitrogens with zero attached hydrogens (tertiary/aromatic N) is 6. The third-order valence-corrected chi connectivity index (χ3v) is 6.19. The number of hydrogen-bond donors (Lipinski definition) is 3. The second kappa shape index (κ2) is 9.62. The number of anilines is 1. The van der Waals surface area contributed by atoms with E-state index in [2.05, 4.69) is 53.9 Å². The molecule has 6 aromatic rings. The smallest absolute Gasteiger partial charge is 0.178 e. The zero-order valence-corrected chi connectivity index (χ0v) is 20.4. The molecule has 0 saturated heterocycles. The zero-order valence-electron chi connectivity index (χ0n) is 20.4. The van der Waals surface area contributed by atoms with Crippen molar-refractivity contribution in [2.24, 2.45) is 0 Å². The molecule has 9 nitrogen and oxygen atoms in total. The van der Waals surface area contributed by atoms with Crippen LogP contribution in [0.1, 0.15) is 26.2 Å². The van der Waals surface area contributed by atoms with Crippen LogP contribution in [-0.2, 0) is 0 Å². The Morgan fingerprint density at radius 1 is 1.00 bits per heavy atom. The number of hydrogen-bond acceptors (Lipinski definition) is 7. The van der Waals surface area contributed by atoms with E-state index in [4.69, 9.17) is 4.98 Å². The summed E-state index contributed by atoms with van der Waals surface area (Å²) in [5.74, 6) is 0.620. The van der Waals surface area contributed by atoms with Gasteiger partial charge in [-0.1, -0.05) is 26.0 Å². The third kappa shape index (κ3) is 4.42. The molecule has 6 aromatic heterocycles. The van der Waals surface area contributed by atoms with E-state index in [0.29, 0.717) is 17.2 Å². The molecule has 0 bridgehead atoms. The highest BCUT2D eigenvalue weighted by Crippen LogP contribution is 2.31. The van der Waals surface area contributed by atoms with E-state index >= 15 is 0 Å². The fourth-order valence-electron chi connectivity index (χ4n) is 4.32. The maximum Gasteiger partial charge on any atom is 0.178 e. The van der Waals surface area contributed by atoms with Gasteiger partial charge in [-0.05, 0) is 43.2 Å². The number of rotatable bonds is 8. The summed E-state index contributed by atoms with van der Waals surface area (Å²) < 4.78 is 0. The van der Waals surface area contributed by atoms with Crippen LogP contribution in [0.2, 0.25) is 0 Å². The predicted octanol–water partition coefficient (Wildman–Crippen LogP) is 6.14. The van der Waals surface area contributed by atoms with Crippen LogP contribution < -0.4 is 5.32 Å². The quantitative estimate of drug-likeness (QED) is 0.236. The molecule has 6 heterocycles. The maximum atomic E-state index is 4.74. The van der Waals surface area contributed by atoms with E-state index in [1.807, 2.05) is 36.4 Å². The standard InChI is InChI=1S/C28H25N9/c1-3-4-7-17(2)33-19-12-18(14-29-15-19)23-13-21-24(16-32-23)36-37-26(21)28-34-25-20(9-11-31-27(25)35-28)22-8-5-6-10-30-22/h5-6,8-16,33H,2-4,7H2,1H3,(H,36,37)(H,31,34,35). The minimum Gasteiger partial charge on any atom is -0.358 e. The second-order valence-electron chi connectivity index (χ2n) is 8.84. The lowest BCUT2D eigenvalue weighted by Crippen LogP contribution is -1.99. The molecule has 0 saturated carbocycles. The molecule has 6 rings (SSSR count). The molecule has 0 atom stereocenters. The Kier molecular flexibility index (Phi) is 5.86. The zero-order chi connectivity index (χ0) is 25.2. The Bertz CT molecular complexity index is 1720. The minimum absolute atomic E-state index is 0.606. The number of pyridine rings is 4. The number of unbranched alkanes of at least 4 members (excludes halogenated alkanes) is 1. The lowest BCUT2D eigenvalue weighted by Gasteiger charge is -2.10. The normalized spacial score (nSPS) is 11.3. The first-order valence-electron chi connectivity index (χ1n) is 12.2. The monoisotopic (exact) mass is 487 g/mol. The van der Waals surface area contributed by atoms with Gasteiger partial charge < -0.3 is 10.3 Å². The summed E-state index contributed by atoms with van der Waals surface area (Å²) in [5.41, 5.74) is 8.25. The first-order chi connectivity index (χ1) is 18.2. The number of imidazole rings is 1. The SMILES string of the molecule is C=C(CCCC)Nc1cncc(-c2cc3c(-c4nc5nccc(-c6ccccn6)c5[nH]4)n[nH]c3cn2)c1. The summed E-state index contributed by atoms with van der Waals surface area (Å²) in [6.45, 7) is 6.30. The molecule has 0 radical (unpaired) electrons. The Hall–Kier alpha value is -4.92. The molecule has 0 fully saturated rings. The lowest BCUT2D eigenvalue weighted by atomic mass is 10.1. The van der Waals surface area contributed by atoms with Crippen molar-refractivity contribution >= 4 is 27.8 Å². The van der Waals surface area contributed by atoms with Gasteiger partial charge in [0.15, 0.2) is 11.5 Å². The Balaban J connectivity index is 1.37. The number of nitrogens with one attached hydrogen (secondary N) is 3. The number of allylic oxidation sites excluding steroid dienone is 1. The molecule has 0 unspecified atom stereocenters. The summed E-state index contributed by atoms with van der Waals surface area (Å²) in [7, 11) is 0. The largest absolute Gasteiger partial charge is 0.358 e. The van der Waals surface area contributed by atoms with Crippen LogP contribution in [0.4, 0.5) is 5.69 Å². The van der Waals surface area contributed by atoms with Gasteiger partial charge in [-0.3, -0.25) is 20.1 Å². The molecule has 9 heteroatoms. The van der Waals surface area contributed by atoms with E-state index in [1.54, 1.807) is 31.0 Å². The number of aromatic amines is 2. The van der Waals surface area contributed by atoms with E-state index in [9.17, 15) is 0 Å². The van der Waals surface area contributed by atoms with Crippen molar-refractivity contribution in [2.45, 2.75) is 26.2 Å². The van der Waals surface area contributed by atoms with Crippen LogP contribution in [0.25, 0.3) is 56.1 Å². The van der Waals surface area contributed by atoms with Crippen molar-refractivity contribution in [1.82, 2.24) is 40.1 Å². The molecular weight excluding hydrogens is 462 g/mol. The van der Waals surface area contributed by atoms with Gasteiger partial charge in [0.05, 0.1) is 40.5 Å². The summed E-state index contributed by atoms with van der Waals surface area (Å²) in [6, 6.07) is 11.8. The van der Waals surface area contributed by atoms with Gasteiger partial charge in [0.25, 0.3) is 0 Å². The van der Waals surface area contributed by atoms with Crippen LogP contribution in [0, 0.1) is 0 Å². The van der Waals surface area contributed by atoms with Crippen LogP contribution in [0.5, 0.6) is 0 Å². The molecule has 0 aliphatic rings. The Labute approximate surface area is 213 Å². The number of H-pyrrole nitrogens is 2.